The van der Waals surface area contributed by atoms with E-state index in [9.17, 15) is 0 Å². The van der Waals surface area contributed by atoms with Crippen molar-refractivity contribution in [2.75, 3.05) is 0 Å². The van der Waals surface area contributed by atoms with Crippen molar-refractivity contribution in [2.24, 2.45) is 0 Å². The molecule has 0 bridgehead atoms. The van der Waals surface area contributed by atoms with Crippen molar-refractivity contribution in [1.82, 2.24) is 10.3 Å². The molecule has 1 heterocycles. The van der Waals surface area contributed by atoms with Crippen molar-refractivity contribution in [3.8, 4) is 0 Å². The quantitative estimate of drug-likeness (QED) is 0.892. The predicted molar refractivity (Wildman–Crippen MR) is 70.9 cm³/mol. The molecule has 0 unspecified atom stereocenters. The van der Waals surface area contributed by atoms with Crippen molar-refractivity contribution < 1.29 is 0 Å². The highest BCUT2D eigenvalue weighted by molar-refractivity contribution is 6.30. The summed E-state index contributed by atoms with van der Waals surface area (Å²) in [5.74, 6) is 0. The Balaban J connectivity index is 1.96. The molecule has 0 aliphatic heterocycles. The minimum Gasteiger partial charge on any atom is -0.306 e. The van der Waals surface area contributed by atoms with E-state index in [1.165, 1.54) is 11.1 Å². The van der Waals surface area contributed by atoms with Crippen molar-refractivity contribution in [1.29, 1.82) is 0 Å². The molecule has 0 radical (unpaired) electrons. The highest BCUT2D eigenvalue weighted by Gasteiger charge is 2.04. The zero-order valence-corrected chi connectivity index (χ0v) is 10.5. The lowest BCUT2D eigenvalue weighted by Crippen LogP contribution is -2.18. The lowest BCUT2D eigenvalue weighted by molar-refractivity contribution is 0.574. The molecule has 2 nitrogen and oxygen atoms in total. The molecule has 0 saturated heterocycles. The standard InChI is InChI=1S/C14H15ClN2/c1-11(13-5-2-6-14(15)8-13)17-10-12-4-3-7-16-9-12/h2-9,11,17H,10H2,1H3/t11-/m0/s1. The van der Waals surface area contributed by atoms with Gasteiger partial charge in [0.05, 0.1) is 0 Å². The predicted octanol–water partition coefficient (Wildman–Crippen LogP) is 3.59. The topological polar surface area (TPSA) is 24.9 Å². The average Bonchev–Trinajstić information content (AvgIpc) is 2.37. The third-order valence-electron chi connectivity index (χ3n) is 2.68. The van der Waals surface area contributed by atoms with Crippen LogP contribution in [0.15, 0.2) is 48.8 Å². The van der Waals surface area contributed by atoms with Crippen molar-refractivity contribution in [2.45, 2.75) is 19.5 Å². The number of rotatable bonds is 4. The highest BCUT2D eigenvalue weighted by Crippen LogP contribution is 2.17. The Bertz CT molecular complexity index is 471. The van der Waals surface area contributed by atoms with Crippen LogP contribution in [-0.4, -0.2) is 4.98 Å². The second-order valence-corrected chi connectivity index (χ2v) is 4.46. The molecule has 0 saturated carbocycles. The van der Waals surface area contributed by atoms with Gasteiger partial charge in [0.2, 0.25) is 0 Å². The van der Waals surface area contributed by atoms with Gasteiger partial charge >= 0.3 is 0 Å². The van der Waals surface area contributed by atoms with Crippen molar-refractivity contribution >= 4 is 11.6 Å². The molecule has 0 amide bonds. The molecule has 0 fully saturated rings. The second kappa shape index (κ2) is 5.80. The van der Waals surface area contributed by atoms with Crippen LogP contribution in [0.4, 0.5) is 0 Å². The van der Waals surface area contributed by atoms with Crippen LogP contribution in [0.25, 0.3) is 0 Å². The fraction of sp³-hybridized carbons (Fsp3) is 0.214. The zero-order chi connectivity index (χ0) is 12.1. The third kappa shape index (κ3) is 3.55. The number of hydrogen-bond donors (Lipinski definition) is 1. The van der Waals surface area contributed by atoms with Crippen LogP contribution in [0.5, 0.6) is 0 Å². The zero-order valence-electron chi connectivity index (χ0n) is 9.73. The summed E-state index contributed by atoms with van der Waals surface area (Å²) in [5, 5.41) is 4.22. The van der Waals surface area contributed by atoms with E-state index in [1.54, 1.807) is 6.20 Å². The first-order chi connectivity index (χ1) is 8.25. The van der Waals surface area contributed by atoms with Gasteiger partial charge in [0.1, 0.15) is 0 Å². The smallest absolute Gasteiger partial charge is 0.0409 e. The average molecular weight is 247 g/mol. The SMILES string of the molecule is C[C@H](NCc1cccnc1)c1cccc(Cl)c1. The maximum Gasteiger partial charge on any atom is 0.0409 e. The number of benzene rings is 1. The Hall–Kier alpha value is -1.38. The molecule has 2 aromatic rings. The monoisotopic (exact) mass is 246 g/mol. The van der Waals surface area contributed by atoms with Crippen LogP contribution in [0.3, 0.4) is 0 Å². The van der Waals surface area contributed by atoms with Gasteiger partial charge in [-0.05, 0) is 36.2 Å². The molecule has 0 aliphatic carbocycles. The summed E-state index contributed by atoms with van der Waals surface area (Å²) >= 11 is 5.97. The minimum atomic E-state index is 0.272. The van der Waals surface area contributed by atoms with Gasteiger partial charge in [-0.2, -0.15) is 0 Å². The molecule has 1 aromatic heterocycles. The van der Waals surface area contributed by atoms with E-state index in [2.05, 4.69) is 29.4 Å². The summed E-state index contributed by atoms with van der Waals surface area (Å²) in [6.45, 7) is 2.93. The van der Waals surface area contributed by atoms with Gasteiger partial charge in [-0.15, -0.1) is 0 Å². The van der Waals surface area contributed by atoms with Crippen LogP contribution in [0, 0.1) is 0 Å². The van der Waals surface area contributed by atoms with Crippen molar-refractivity contribution in [3.05, 3.63) is 64.9 Å². The van der Waals surface area contributed by atoms with E-state index in [0.29, 0.717) is 0 Å². The van der Waals surface area contributed by atoms with E-state index in [0.717, 1.165) is 11.6 Å². The number of pyridine rings is 1. The number of hydrogen-bond acceptors (Lipinski definition) is 2. The van der Waals surface area contributed by atoms with E-state index < -0.39 is 0 Å². The van der Waals surface area contributed by atoms with E-state index in [-0.39, 0.29) is 6.04 Å². The first-order valence-corrected chi connectivity index (χ1v) is 6.01. The minimum absolute atomic E-state index is 0.272. The first-order valence-electron chi connectivity index (χ1n) is 5.63. The summed E-state index contributed by atoms with van der Waals surface area (Å²) in [6, 6.07) is 12.2. The fourth-order valence-electron chi connectivity index (χ4n) is 1.67. The number of nitrogens with zero attached hydrogens (tertiary/aromatic N) is 1. The van der Waals surface area contributed by atoms with Crippen LogP contribution in [0.2, 0.25) is 5.02 Å². The Morgan fingerprint density at radius 3 is 2.88 bits per heavy atom. The Labute approximate surface area is 107 Å². The van der Waals surface area contributed by atoms with E-state index in [1.807, 2.05) is 30.5 Å². The Morgan fingerprint density at radius 1 is 1.29 bits per heavy atom. The summed E-state index contributed by atoms with van der Waals surface area (Å²) in [6.07, 6.45) is 3.65. The largest absolute Gasteiger partial charge is 0.306 e. The normalized spacial score (nSPS) is 12.4. The molecule has 0 aliphatic rings. The van der Waals surface area contributed by atoms with E-state index in [4.69, 9.17) is 11.6 Å². The lowest BCUT2D eigenvalue weighted by atomic mass is 10.1. The van der Waals surface area contributed by atoms with Crippen LogP contribution >= 0.6 is 11.6 Å². The van der Waals surface area contributed by atoms with Gasteiger partial charge in [0, 0.05) is 30.0 Å². The van der Waals surface area contributed by atoms with Crippen LogP contribution < -0.4 is 5.32 Å². The van der Waals surface area contributed by atoms with E-state index >= 15 is 0 Å². The van der Waals surface area contributed by atoms with Crippen molar-refractivity contribution in [3.63, 3.8) is 0 Å². The Morgan fingerprint density at radius 2 is 2.18 bits per heavy atom. The molecule has 0 spiro atoms. The summed E-state index contributed by atoms with van der Waals surface area (Å²) in [7, 11) is 0. The van der Waals surface area contributed by atoms with Gasteiger partial charge in [0.25, 0.3) is 0 Å². The number of aromatic nitrogens is 1. The molecular formula is C14H15ClN2. The number of nitrogens with one attached hydrogen (secondary N) is 1. The van der Waals surface area contributed by atoms with Gasteiger partial charge in [-0.3, -0.25) is 4.98 Å². The van der Waals surface area contributed by atoms with Gasteiger partial charge in [-0.25, -0.2) is 0 Å². The van der Waals surface area contributed by atoms with Crippen LogP contribution in [-0.2, 0) is 6.54 Å². The molecule has 88 valence electrons. The van der Waals surface area contributed by atoms with Gasteiger partial charge in [0.15, 0.2) is 0 Å². The maximum absolute atomic E-state index is 5.97. The molecule has 1 N–H and O–H groups in total. The highest BCUT2D eigenvalue weighted by atomic mass is 35.5. The lowest BCUT2D eigenvalue weighted by Gasteiger charge is -2.14. The first kappa shape index (κ1) is 12.1. The summed E-state index contributed by atoms with van der Waals surface area (Å²) < 4.78 is 0. The van der Waals surface area contributed by atoms with Gasteiger partial charge in [-0.1, -0.05) is 29.8 Å². The fourth-order valence-corrected chi connectivity index (χ4v) is 1.87. The Kier molecular flexibility index (Phi) is 4.13. The molecule has 1 aromatic carbocycles. The maximum atomic E-state index is 5.97. The third-order valence-corrected chi connectivity index (χ3v) is 2.92. The second-order valence-electron chi connectivity index (χ2n) is 4.02. The summed E-state index contributed by atoms with van der Waals surface area (Å²) in [4.78, 5) is 4.09. The van der Waals surface area contributed by atoms with Gasteiger partial charge < -0.3 is 5.32 Å². The summed E-state index contributed by atoms with van der Waals surface area (Å²) in [5.41, 5.74) is 2.38. The molecule has 3 heteroatoms. The molecule has 1 atom stereocenters. The molecule has 2 rings (SSSR count). The number of halogens is 1. The molecule has 17 heavy (non-hydrogen) atoms. The van der Waals surface area contributed by atoms with Crippen LogP contribution in [0.1, 0.15) is 24.1 Å². The molecular weight excluding hydrogens is 232 g/mol.